The van der Waals surface area contributed by atoms with Gasteiger partial charge in [0.05, 0.1) is 60.2 Å². The quantitative estimate of drug-likeness (QED) is 0.0880. The highest BCUT2D eigenvalue weighted by molar-refractivity contribution is 5.87. The smallest absolute Gasteiger partial charge is 0.407 e. The second kappa shape index (κ2) is 17.8. The van der Waals surface area contributed by atoms with Crippen molar-refractivity contribution in [2.75, 3.05) is 33.9 Å². The summed E-state index contributed by atoms with van der Waals surface area (Å²) in [7, 11) is 3.15. The summed E-state index contributed by atoms with van der Waals surface area (Å²) in [5.74, 6) is 0.845. The van der Waals surface area contributed by atoms with Gasteiger partial charge in [0.15, 0.2) is 0 Å². The number of carbonyl (C=O) groups excluding carboxylic acids is 3. The molecule has 2 saturated carbocycles. The lowest BCUT2D eigenvalue weighted by molar-refractivity contribution is -0.138. The van der Waals surface area contributed by atoms with Crippen molar-refractivity contribution in [1.82, 2.24) is 40.4 Å². The van der Waals surface area contributed by atoms with Crippen molar-refractivity contribution in [2.24, 2.45) is 5.92 Å². The fourth-order valence-electron chi connectivity index (χ4n) is 10.1. The van der Waals surface area contributed by atoms with E-state index in [9.17, 15) is 14.4 Å². The first-order valence-electron chi connectivity index (χ1n) is 22.9. The first-order chi connectivity index (χ1) is 30.5. The third-order valence-corrected chi connectivity index (χ3v) is 14.3. The Balaban J connectivity index is 0.843. The zero-order valence-electron chi connectivity index (χ0n) is 36.9. The van der Waals surface area contributed by atoms with Gasteiger partial charge in [0.25, 0.3) is 0 Å². The minimum absolute atomic E-state index is 0.0389. The zero-order valence-corrected chi connectivity index (χ0v) is 36.9. The monoisotopic (exact) mass is 864 g/mol. The van der Waals surface area contributed by atoms with Crippen LogP contribution >= 0.6 is 0 Å². The van der Waals surface area contributed by atoms with Crippen LogP contribution in [0, 0.1) is 11.7 Å². The van der Waals surface area contributed by atoms with Crippen LogP contribution in [0.1, 0.15) is 115 Å². The summed E-state index contributed by atoms with van der Waals surface area (Å²) >= 11 is 0. The fourth-order valence-corrected chi connectivity index (χ4v) is 10.1. The summed E-state index contributed by atoms with van der Waals surface area (Å²) in [6.45, 7) is 6.01. The number of amides is 3. The van der Waals surface area contributed by atoms with Crippen LogP contribution in [-0.4, -0.2) is 111 Å². The largest absolute Gasteiger partial charge is 0.453 e. The number of methoxy groups -OCH3 is 1. The Morgan fingerprint density at radius 3 is 2.35 bits per heavy atom. The summed E-state index contributed by atoms with van der Waals surface area (Å²) in [6.07, 6.45) is 13.1. The van der Waals surface area contributed by atoms with Gasteiger partial charge in [-0.05, 0) is 133 Å². The van der Waals surface area contributed by atoms with Crippen LogP contribution in [0.2, 0.25) is 0 Å². The maximum absolute atomic E-state index is 15.9. The molecule has 5 fully saturated rings. The van der Waals surface area contributed by atoms with Crippen LogP contribution in [0.5, 0.6) is 0 Å². The van der Waals surface area contributed by atoms with Crippen molar-refractivity contribution in [3.63, 3.8) is 0 Å². The number of alkyl carbamates (subject to hydrolysis) is 1. The van der Waals surface area contributed by atoms with Crippen LogP contribution in [0.25, 0.3) is 33.6 Å². The van der Waals surface area contributed by atoms with Gasteiger partial charge in [-0.15, -0.1) is 0 Å². The van der Waals surface area contributed by atoms with Crippen molar-refractivity contribution in [2.45, 2.75) is 132 Å². The predicted molar refractivity (Wildman–Crippen MR) is 235 cm³/mol. The molecule has 0 radical (unpaired) electrons. The van der Waals surface area contributed by atoms with Crippen molar-refractivity contribution in [3.8, 4) is 33.6 Å². The molecule has 4 N–H and O–H groups in total. The molecule has 1 spiro atoms. The number of likely N-dealkylation sites (tertiary alicyclic amines) is 2. The predicted octanol–water partition coefficient (Wildman–Crippen LogP) is 7.61. The first kappa shape index (κ1) is 43.1. The number of nitrogens with zero attached hydrogens (tertiary/aromatic N) is 4. The molecule has 63 heavy (non-hydrogen) atoms. The van der Waals surface area contributed by atoms with Crippen LogP contribution < -0.4 is 10.6 Å². The Bertz CT molecular complexity index is 2290. The number of halogens is 1. The van der Waals surface area contributed by atoms with E-state index in [4.69, 9.17) is 19.2 Å². The number of rotatable bonds is 15. The molecule has 2 aliphatic carbocycles. The second-order valence-corrected chi connectivity index (χ2v) is 18.7. The number of imidazole rings is 2. The second-order valence-electron chi connectivity index (χ2n) is 18.7. The van der Waals surface area contributed by atoms with Gasteiger partial charge < -0.3 is 44.6 Å². The van der Waals surface area contributed by atoms with Gasteiger partial charge in [0.1, 0.15) is 23.5 Å². The molecule has 14 nitrogen and oxygen atoms in total. The molecule has 2 aromatic carbocycles. The van der Waals surface area contributed by atoms with Crippen molar-refractivity contribution < 1.29 is 33.0 Å². The van der Waals surface area contributed by atoms with E-state index in [1.54, 1.807) is 17.2 Å². The third kappa shape index (κ3) is 9.14. The Hall–Kier alpha value is -5.12. The molecule has 9 rings (SSSR count). The van der Waals surface area contributed by atoms with Gasteiger partial charge in [0.2, 0.25) is 11.8 Å². The summed E-state index contributed by atoms with van der Waals surface area (Å²) in [4.78, 5) is 60.5. The number of benzene rings is 2. The number of aromatic amines is 2. The average molecular weight is 865 g/mol. The van der Waals surface area contributed by atoms with E-state index in [2.05, 4.69) is 39.4 Å². The number of nitrogens with one attached hydrogen (secondary N) is 4. The van der Waals surface area contributed by atoms with Crippen LogP contribution in [0.15, 0.2) is 54.9 Å². The number of carbonyl (C=O) groups is 3. The van der Waals surface area contributed by atoms with Gasteiger partial charge in [-0.3, -0.25) is 9.59 Å². The average Bonchev–Trinajstić information content (AvgIpc) is 3.79. The maximum atomic E-state index is 15.9. The van der Waals surface area contributed by atoms with Crippen LogP contribution in [0.3, 0.4) is 0 Å². The topological polar surface area (TPSA) is 167 Å². The Kier molecular flexibility index (Phi) is 12.2. The lowest BCUT2D eigenvalue weighted by Gasteiger charge is -2.37. The molecule has 5 heterocycles. The minimum Gasteiger partial charge on any atom is -0.453 e. The van der Waals surface area contributed by atoms with E-state index >= 15 is 4.39 Å². The van der Waals surface area contributed by atoms with Crippen LogP contribution in [0.4, 0.5) is 9.18 Å². The molecule has 15 heteroatoms. The number of hydrogen-bond donors (Lipinski definition) is 4. The summed E-state index contributed by atoms with van der Waals surface area (Å²) < 4.78 is 32.9. The van der Waals surface area contributed by atoms with Gasteiger partial charge in [-0.1, -0.05) is 30.3 Å². The highest BCUT2D eigenvalue weighted by atomic mass is 19.1. The van der Waals surface area contributed by atoms with E-state index in [-0.39, 0.29) is 53.1 Å². The van der Waals surface area contributed by atoms with Crippen LogP contribution in [-0.2, 0) is 23.8 Å². The summed E-state index contributed by atoms with van der Waals surface area (Å²) in [6, 6.07) is 11.7. The molecule has 2 aromatic heterocycles. The Labute approximate surface area is 368 Å². The molecule has 3 amide bonds. The molecule has 4 aromatic rings. The molecule has 5 aliphatic rings. The molecule has 336 valence electrons. The van der Waals surface area contributed by atoms with Gasteiger partial charge in [-0.2, -0.15) is 0 Å². The highest BCUT2D eigenvalue weighted by Gasteiger charge is 2.51. The number of H-pyrrole nitrogens is 2. The lowest BCUT2D eigenvalue weighted by atomic mass is 9.86. The number of aromatic nitrogens is 4. The number of ether oxygens (including phenoxy) is 3. The lowest BCUT2D eigenvalue weighted by Crippen LogP contribution is -2.54. The molecule has 6 atom stereocenters. The maximum Gasteiger partial charge on any atom is 0.407 e. The number of likely N-dealkylation sites (N-methyl/N-ethyl adjacent to an activating group) is 1. The van der Waals surface area contributed by atoms with Crippen molar-refractivity contribution >= 4 is 17.9 Å². The SMILES string of the molecule is CNC(CCCOC1(C)CC1)C(=O)N1C(C)CCC1c1ncc(-c2ccc(-c3ccc(-c4cnc([C@@H]5CCCN5C(=O)[C@@H](NC(=O)OC)[C@@H]5CCOC6(CC6)C5)[nH]4)c(F)c3)cc2)[nH]1. The Morgan fingerprint density at radius 1 is 0.921 bits per heavy atom. The normalized spacial score (nSPS) is 24.3. The van der Waals surface area contributed by atoms with Crippen molar-refractivity contribution in [3.05, 3.63) is 72.3 Å². The van der Waals surface area contributed by atoms with E-state index in [1.807, 2.05) is 48.5 Å². The van der Waals surface area contributed by atoms with E-state index in [0.717, 1.165) is 86.0 Å². The molecular weight excluding hydrogens is 804 g/mol. The minimum atomic E-state index is -0.735. The standard InChI is InChI=1S/C48H61FN8O6/c1-29-9-16-40(57(29)44(58)36(50-3)7-6-23-62-47(2)18-19-47)43-51-27-37(53-43)31-12-10-30(11-13-31)32-14-15-34(35(49)25-32)38-28-52-42(54-38)39-8-5-22-56(39)45(59)41(55-46(60)61-4)33-17-24-63-48(26-33)20-21-48/h10-15,25,27-29,33,36,39-41,50H,5-9,16-24,26H2,1-4H3,(H,51,53)(H,52,54)(H,55,60)/t29?,33-,36?,39+,40?,41+/m1/s1. The van der Waals surface area contributed by atoms with Gasteiger partial charge in [0, 0.05) is 31.4 Å². The Morgan fingerprint density at radius 2 is 1.63 bits per heavy atom. The van der Waals surface area contributed by atoms with Gasteiger partial charge in [-0.25, -0.2) is 19.2 Å². The van der Waals surface area contributed by atoms with E-state index in [1.165, 1.54) is 13.2 Å². The molecular formula is C48H61FN8O6. The fraction of sp³-hybridized carbons (Fsp3) is 0.562. The first-order valence-corrected chi connectivity index (χ1v) is 22.9. The molecule has 0 bridgehead atoms. The summed E-state index contributed by atoms with van der Waals surface area (Å²) in [5.41, 5.74) is 4.15. The molecule has 3 unspecified atom stereocenters. The highest BCUT2D eigenvalue weighted by Crippen LogP contribution is 2.49. The third-order valence-electron chi connectivity index (χ3n) is 14.3. The zero-order chi connectivity index (χ0) is 43.9. The summed E-state index contributed by atoms with van der Waals surface area (Å²) in [5, 5.41) is 6.10. The molecule has 3 saturated heterocycles. The van der Waals surface area contributed by atoms with E-state index in [0.29, 0.717) is 56.1 Å². The number of hydrogen-bond acceptors (Lipinski definition) is 9. The molecule has 3 aliphatic heterocycles. The van der Waals surface area contributed by atoms with E-state index < -0.39 is 18.0 Å². The van der Waals surface area contributed by atoms with Crippen molar-refractivity contribution in [1.29, 1.82) is 0 Å². The van der Waals surface area contributed by atoms with Gasteiger partial charge >= 0.3 is 6.09 Å².